The van der Waals surface area contributed by atoms with Crippen LogP contribution in [-0.2, 0) is 0 Å². The van der Waals surface area contributed by atoms with Gasteiger partial charge in [0.2, 0.25) is 10.9 Å². The number of aromatic nitrogens is 2. The lowest BCUT2D eigenvalue weighted by molar-refractivity contribution is 0.0970. The SMILES string of the molecule is Cc1cc2oc3c(c(=O)c2cc1C)C(c1cccc(Oc2ccccc2)c1)N(c1nncs1)C3=O. The quantitative estimate of drug-likeness (QED) is 0.322. The molecule has 0 saturated carbocycles. The summed E-state index contributed by atoms with van der Waals surface area (Å²) in [7, 11) is 0. The van der Waals surface area contributed by atoms with Gasteiger partial charge in [-0.2, -0.15) is 0 Å². The van der Waals surface area contributed by atoms with Crippen LogP contribution in [0, 0.1) is 13.8 Å². The van der Waals surface area contributed by atoms with Gasteiger partial charge in [0, 0.05) is 0 Å². The Labute approximate surface area is 204 Å². The smallest absolute Gasteiger partial charge is 0.297 e. The molecule has 3 aromatic carbocycles. The minimum atomic E-state index is -0.730. The second kappa shape index (κ2) is 8.18. The maximum atomic E-state index is 13.8. The van der Waals surface area contributed by atoms with Gasteiger partial charge in [0.1, 0.15) is 22.6 Å². The fourth-order valence-electron chi connectivity index (χ4n) is 4.39. The standard InChI is InChI=1S/C27H19N3O4S/c1-15-11-20-21(12-16(15)2)34-25-22(24(20)31)23(30(26(25)32)27-29-28-14-35-27)17-7-6-10-19(13-17)33-18-8-4-3-5-9-18/h3-14,23H,1-2H3. The number of carbonyl (C=O) groups excluding carboxylic acids is 1. The molecule has 7 nitrogen and oxygen atoms in total. The first kappa shape index (κ1) is 21.2. The molecule has 5 aromatic rings. The van der Waals surface area contributed by atoms with E-state index in [9.17, 15) is 9.59 Å². The average molecular weight is 482 g/mol. The van der Waals surface area contributed by atoms with Gasteiger partial charge in [0.25, 0.3) is 5.91 Å². The van der Waals surface area contributed by atoms with Gasteiger partial charge in [-0.05, 0) is 66.9 Å². The van der Waals surface area contributed by atoms with E-state index >= 15 is 0 Å². The number of hydrogen-bond donors (Lipinski definition) is 0. The summed E-state index contributed by atoms with van der Waals surface area (Å²) in [6, 6.07) is 19.7. The molecule has 172 valence electrons. The Morgan fingerprint density at radius 2 is 1.71 bits per heavy atom. The average Bonchev–Trinajstić information content (AvgIpc) is 3.48. The van der Waals surface area contributed by atoms with Crippen LogP contribution in [0.5, 0.6) is 11.5 Å². The molecule has 0 N–H and O–H groups in total. The zero-order valence-corrected chi connectivity index (χ0v) is 19.7. The summed E-state index contributed by atoms with van der Waals surface area (Å²) < 4.78 is 12.1. The topological polar surface area (TPSA) is 85.5 Å². The second-order valence-electron chi connectivity index (χ2n) is 8.39. The van der Waals surface area contributed by atoms with Crippen molar-refractivity contribution in [1.82, 2.24) is 10.2 Å². The summed E-state index contributed by atoms with van der Waals surface area (Å²) in [5.41, 5.74) is 4.66. The molecule has 1 unspecified atom stereocenters. The van der Waals surface area contributed by atoms with E-state index < -0.39 is 11.9 Å². The highest BCUT2D eigenvalue weighted by Crippen LogP contribution is 2.42. The van der Waals surface area contributed by atoms with Gasteiger partial charge in [0.15, 0.2) is 5.43 Å². The van der Waals surface area contributed by atoms with Crippen LogP contribution >= 0.6 is 11.3 Å². The van der Waals surface area contributed by atoms with Gasteiger partial charge < -0.3 is 9.15 Å². The highest BCUT2D eigenvalue weighted by molar-refractivity contribution is 7.13. The van der Waals surface area contributed by atoms with E-state index in [-0.39, 0.29) is 16.8 Å². The third-order valence-corrected chi connectivity index (χ3v) is 6.88. The molecule has 6 rings (SSSR count). The van der Waals surface area contributed by atoms with Crippen LogP contribution in [0.3, 0.4) is 0 Å². The van der Waals surface area contributed by atoms with Crippen molar-refractivity contribution in [2.75, 3.05) is 4.90 Å². The number of aryl methyl sites for hydroxylation is 2. The zero-order valence-electron chi connectivity index (χ0n) is 18.9. The van der Waals surface area contributed by atoms with Crippen LogP contribution in [-0.4, -0.2) is 16.1 Å². The van der Waals surface area contributed by atoms with Crippen LogP contribution in [0.25, 0.3) is 11.0 Å². The van der Waals surface area contributed by atoms with Crippen molar-refractivity contribution in [3.05, 3.63) is 110 Å². The van der Waals surface area contributed by atoms with Gasteiger partial charge >= 0.3 is 0 Å². The summed E-state index contributed by atoms with van der Waals surface area (Å²) in [6.07, 6.45) is 0. The molecule has 0 saturated heterocycles. The predicted octanol–water partition coefficient (Wildman–Crippen LogP) is 5.80. The Bertz CT molecular complexity index is 1650. The lowest BCUT2D eigenvalue weighted by Crippen LogP contribution is -2.29. The maximum Gasteiger partial charge on any atom is 0.297 e. The van der Waals surface area contributed by atoms with E-state index in [1.807, 2.05) is 74.5 Å². The lowest BCUT2D eigenvalue weighted by Gasteiger charge is -2.22. The van der Waals surface area contributed by atoms with Crippen LogP contribution in [0.4, 0.5) is 5.13 Å². The molecule has 3 heterocycles. The third-order valence-electron chi connectivity index (χ3n) is 6.19. The Balaban J connectivity index is 1.56. The molecule has 1 aliphatic heterocycles. The minimum Gasteiger partial charge on any atom is -0.457 e. The minimum absolute atomic E-state index is 0.0281. The number of benzene rings is 3. The van der Waals surface area contributed by atoms with Gasteiger partial charge in [-0.1, -0.05) is 41.7 Å². The molecule has 0 fully saturated rings. The highest BCUT2D eigenvalue weighted by atomic mass is 32.1. The fraction of sp³-hybridized carbons (Fsp3) is 0.111. The summed E-state index contributed by atoms with van der Waals surface area (Å²) in [4.78, 5) is 28.9. The molecule has 2 aromatic heterocycles. The van der Waals surface area contributed by atoms with Crippen LogP contribution < -0.4 is 15.1 Å². The molecule has 0 aliphatic carbocycles. The number of ether oxygens (including phenoxy) is 1. The Morgan fingerprint density at radius 3 is 2.49 bits per heavy atom. The first-order valence-electron chi connectivity index (χ1n) is 11.0. The predicted molar refractivity (Wildman–Crippen MR) is 133 cm³/mol. The van der Waals surface area contributed by atoms with E-state index in [1.54, 1.807) is 11.6 Å². The second-order valence-corrected chi connectivity index (χ2v) is 9.20. The normalized spacial score (nSPS) is 15.0. The number of rotatable bonds is 4. The molecule has 1 aliphatic rings. The van der Waals surface area contributed by atoms with Crippen LogP contribution in [0.15, 0.2) is 81.5 Å². The van der Waals surface area contributed by atoms with Crippen molar-refractivity contribution >= 4 is 33.3 Å². The number of carbonyl (C=O) groups is 1. The van der Waals surface area contributed by atoms with E-state index in [2.05, 4.69) is 10.2 Å². The molecule has 8 heteroatoms. The Morgan fingerprint density at radius 1 is 0.943 bits per heavy atom. The summed E-state index contributed by atoms with van der Waals surface area (Å²) in [5.74, 6) is 0.877. The van der Waals surface area contributed by atoms with Gasteiger partial charge in [-0.15, -0.1) is 10.2 Å². The Kier molecular flexibility index (Phi) is 4.96. The number of nitrogens with zero attached hydrogens (tertiary/aromatic N) is 3. The molecule has 1 atom stereocenters. The Hall–Kier alpha value is -4.30. The first-order valence-corrected chi connectivity index (χ1v) is 11.9. The van der Waals surface area contributed by atoms with E-state index in [0.717, 1.165) is 11.1 Å². The monoisotopic (exact) mass is 481 g/mol. The van der Waals surface area contributed by atoms with Crippen molar-refractivity contribution in [2.24, 2.45) is 0 Å². The van der Waals surface area contributed by atoms with E-state index in [1.165, 1.54) is 16.2 Å². The summed E-state index contributed by atoms with van der Waals surface area (Å²) >= 11 is 1.22. The first-order chi connectivity index (χ1) is 17.0. The number of hydrogen-bond acceptors (Lipinski definition) is 7. The highest BCUT2D eigenvalue weighted by Gasteiger charge is 2.45. The molecular weight excluding hydrogens is 462 g/mol. The fourth-order valence-corrected chi connectivity index (χ4v) is 4.97. The summed E-state index contributed by atoms with van der Waals surface area (Å²) in [6.45, 7) is 3.89. The molecule has 0 bridgehead atoms. The van der Waals surface area contributed by atoms with Crippen molar-refractivity contribution in [3.63, 3.8) is 0 Å². The number of amides is 1. The number of anilines is 1. The molecular formula is C27H19N3O4S. The number of fused-ring (bicyclic) bond motifs is 2. The zero-order chi connectivity index (χ0) is 24.1. The van der Waals surface area contributed by atoms with Crippen molar-refractivity contribution < 1.29 is 13.9 Å². The van der Waals surface area contributed by atoms with Gasteiger partial charge in [-0.25, -0.2) is 0 Å². The van der Waals surface area contributed by atoms with Crippen LogP contribution in [0.2, 0.25) is 0 Å². The summed E-state index contributed by atoms with van der Waals surface area (Å²) in [5, 5.41) is 8.86. The molecule has 0 radical (unpaired) electrons. The molecule has 0 spiro atoms. The van der Waals surface area contributed by atoms with E-state index in [4.69, 9.17) is 9.15 Å². The van der Waals surface area contributed by atoms with Crippen molar-refractivity contribution in [1.29, 1.82) is 0 Å². The number of para-hydroxylation sites is 1. The van der Waals surface area contributed by atoms with Crippen LogP contribution in [0.1, 0.15) is 38.9 Å². The maximum absolute atomic E-state index is 13.8. The van der Waals surface area contributed by atoms with E-state index in [0.29, 0.717) is 33.2 Å². The van der Waals surface area contributed by atoms with Crippen molar-refractivity contribution in [3.8, 4) is 11.5 Å². The van der Waals surface area contributed by atoms with Crippen molar-refractivity contribution in [2.45, 2.75) is 19.9 Å². The third kappa shape index (κ3) is 3.50. The van der Waals surface area contributed by atoms with Gasteiger partial charge in [0.05, 0.1) is 17.0 Å². The lowest BCUT2D eigenvalue weighted by atomic mass is 9.97. The largest absolute Gasteiger partial charge is 0.457 e. The molecule has 1 amide bonds. The van der Waals surface area contributed by atoms with Gasteiger partial charge in [-0.3, -0.25) is 14.5 Å². The molecule has 35 heavy (non-hydrogen) atoms.